The summed E-state index contributed by atoms with van der Waals surface area (Å²) in [5, 5.41) is 4.94. The molecule has 0 bridgehead atoms. The van der Waals surface area contributed by atoms with Gasteiger partial charge in [-0.15, -0.1) is 0 Å². The summed E-state index contributed by atoms with van der Waals surface area (Å²) in [5.74, 6) is -0.236. The predicted molar refractivity (Wildman–Crippen MR) is 123 cm³/mol. The van der Waals surface area contributed by atoms with Gasteiger partial charge in [-0.2, -0.15) is 0 Å². The number of hydrogen-bond donors (Lipinski definition) is 2. The molecule has 3 rings (SSSR count). The molecule has 0 radical (unpaired) electrons. The lowest BCUT2D eigenvalue weighted by molar-refractivity contribution is 0.0943. The Hall–Kier alpha value is -1.34. The van der Waals surface area contributed by atoms with Gasteiger partial charge in [0.05, 0.1) is 42.3 Å². The Morgan fingerprint density at radius 1 is 0.700 bits per heavy atom. The number of aliphatic imine (C=N–C) groups is 2. The van der Waals surface area contributed by atoms with Crippen molar-refractivity contribution >= 4 is 69.9 Å². The third-order valence-electron chi connectivity index (χ3n) is 5.06. The molecular weight excluding hydrogens is 470 g/mol. The highest BCUT2D eigenvalue weighted by Crippen LogP contribution is 2.41. The van der Waals surface area contributed by atoms with Crippen LogP contribution >= 0.6 is 46.4 Å². The number of carbonyl (C=O) groups is 2. The van der Waals surface area contributed by atoms with E-state index in [0.29, 0.717) is 24.5 Å². The van der Waals surface area contributed by atoms with Crippen LogP contribution in [-0.2, 0) is 0 Å². The van der Waals surface area contributed by atoms with E-state index in [2.05, 4.69) is 20.6 Å². The van der Waals surface area contributed by atoms with E-state index in [1.54, 1.807) is 0 Å². The van der Waals surface area contributed by atoms with Gasteiger partial charge in [-0.1, -0.05) is 46.4 Å². The quantitative estimate of drug-likeness (QED) is 0.410. The SMILES string of the molecule is CC1(C)CCC(NC(=O)c2c(Cl)c(Cl)c(Cl)c(Cl)c2C(=O)NC2=NC(C)(C)CC2)=N1. The summed E-state index contributed by atoms with van der Waals surface area (Å²) in [6.45, 7) is 7.88. The van der Waals surface area contributed by atoms with E-state index < -0.39 is 11.8 Å². The summed E-state index contributed by atoms with van der Waals surface area (Å²) in [6.07, 6.45) is 2.78. The topological polar surface area (TPSA) is 82.9 Å². The highest BCUT2D eigenvalue weighted by molar-refractivity contribution is 6.54. The first-order chi connectivity index (χ1) is 13.8. The van der Waals surface area contributed by atoms with Gasteiger partial charge < -0.3 is 10.6 Å². The molecule has 2 amide bonds. The summed E-state index contributed by atoms with van der Waals surface area (Å²) in [5.41, 5.74) is -0.845. The van der Waals surface area contributed by atoms with Gasteiger partial charge in [0.1, 0.15) is 11.7 Å². The predicted octanol–water partition coefficient (Wildman–Crippen LogP) is 5.70. The Balaban J connectivity index is 2.00. The van der Waals surface area contributed by atoms with Crippen molar-refractivity contribution < 1.29 is 9.59 Å². The monoisotopic (exact) mass is 490 g/mol. The number of benzene rings is 1. The number of amides is 2. The van der Waals surface area contributed by atoms with Crippen LogP contribution in [0.5, 0.6) is 0 Å². The molecule has 2 heterocycles. The largest absolute Gasteiger partial charge is 0.310 e. The third-order valence-corrected chi connectivity index (χ3v) is 6.86. The van der Waals surface area contributed by atoms with Crippen LogP contribution in [0.2, 0.25) is 20.1 Å². The lowest BCUT2D eigenvalue weighted by Crippen LogP contribution is -2.35. The molecule has 0 aromatic heterocycles. The molecule has 0 unspecified atom stereocenters. The maximum atomic E-state index is 13.1. The van der Waals surface area contributed by atoms with Gasteiger partial charge >= 0.3 is 0 Å². The van der Waals surface area contributed by atoms with Crippen molar-refractivity contribution in [1.82, 2.24) is 10.6 Å². The number of carbonyl (C=O) groups excluding carboxylic acids is 2. The fraction of sp³-hybridized carbons (Fsp3) is 0.500. The zero-order chi connectivity index (χ0) is 22.4. The van der Waals surface area contributed by atoms with Crippen molar-refractivity contribution in [1.29, 1.82) is 0 Å². The van der Waals surface area contributed by atoms with Crippen LogP contribution in [0.4, 0.5) is 0 Å². The van der Waals surface area contributed by atoms with Gasteiger partial charge in [0, 0.05) is 12.8 Å². The molecule has 0 fully saturated rings. The Kier molecular flexibility index (Phi) is 6.46. The van der Waals surface area contributed by atoms with E-state index in [0.717, 1.165) is 12.8 Å². The van der Waals surface area contributed by atoms with Crippen molar-refractivity contribution in [2.75, 3.05) is 0 Å². The number of hydrogen-bond acceptors (Lipinski definition) is 4. The van der Waals surface area contributed by atoms with E-state index in [-0.39, 0.29) is 42.3 Å². The Bertz CT molecular complexity index is 920. The van der Waals surface area contributed by atoms with Crippen molar-refractivity contribution in [3.05, 3.63) is 31.2 Å². The summed E-state index contributed by atoms with van der Waals surface area (Å²) >= 11 is 25.0. The Morgan fingerprint density at radius 3 is 1.30 bits per heavy atom. The second-order valence-electron chi connectivity index (χ2n) is 8.66. The minimum atomic E-state index is -0.629. The summed E-state index contributed by atoms with van der Waals surface area (Å²) in [7, 11) is 0. The molecule has 0 spiro atoms. The van der Waals surface area contributed by atoms with Crippen LogP contribution in [0.15, 0.2) is 9.98 Å². The van der Waals surface area contributed by atoms with E-state index in [1.165, 1.54) is 0 Å². The van der Waals surface area contributed by atoms with E-state index >= 15 is 0 Å². The average molecular weight is 492 g/mol. The lowest BCUT2D eigenvalue weighted by Gasteiger charge is -2.16. The molecule has 0 saturated carbocycles. The molecule has 0 saturated heterocycles. The summed E-state index contributed by atoms with van der Waals surface area (Å²) < 4.78 is 0. The fourth-order valence-electron chi connectivity index (χ4n) is 3.43. The second kappa shape index (κ2) is 8.30. The smallest absolute Gasteiger partial charge is 0.258 e. The van der Waals surface area contributed by atoms with Crippen molar-refractivity contribution in [2.45, 2.75) is 64.5 Å². The number of amidine groups is 2. The summed E-state index contributed by atoms with van der Waals surface area (Å²) in [6, 6.07) is 0. The van der Waals surface area contributed by atoms with Gasteiger partial charge in [0.2, 0.25) is 0 Å². The van der Waals surface area contributed by atoms with Crippen LogP contribution < -0.4 is 10.6 Å². The van der Waals surface area contributed by atoms with Gasteiger partial charge in [-0.3, -0.25) is 19.6 Å². The van der Waals surface area contributed by atoms with E-state index in [4.69, 9.17) is 46.4 Å². The standard InChI is InChI=1S/C20H22Cl4N4O2/c1-19(2)7-5-9(27-19)25-17(29)11-12(14(22)16(24)15(23)13(11)21)18(30)26-10-6-8-20(3,4)28-10/h5-8H2,1-4H3,(H,25,27,29)(H,26,28,30). The molecule has 2 N–H and O–H groups in total. The normalized spacial score (nSPS) is 19.3. The zero-order valence-corrected chi connectivity index (χ0v) is 20.1. The third kappa shape index (κ3) is 4.77. The summed E-state index contributed by atoms with van der Waals surface area (Å²) in [4.78, 5) is 35.1. The van der Waals surface area contributed by atoms with Crippen molar-refractivity contribution in [2.24, 2.45) is 9.98 Å². The minimum absolute atomic E-state index is 0.0990. The van der Waals surface area contributed by atoms with Crippen LogP contribution in [0.3, 0.4) is 0 Å². The highest BCUT2D eigenvalue weighted by Gasteiger charge is 2.33. The van der Waals surface area contributed by atoms with Crippen molar-refractivity contribution in [3.8, 4) is 0 Å². The van der Waals surface area contributed by atoms with E-state index in [9.17, 15) is 9.59 Å². The first-order valence-corrected chi connectivity index (χ1v) is 11.0. The molecule has 30 heavy (non-hydrogen) atoms. The molecule has 162 valence electrons. The molecule has 0 aliphatic carbocycles. The number of rotatable bonds is 2. The maximum absolute atomic E-state index is 13.1. The molecule has 1 aromatic rings. The Labute approximate surface area is 195 Å². The lowest BCUT2D eigenvalue weighted by atomic mass is 10.0. The van der Waals surface area contributed by atoms with Crippen LogP contribution in [0, 0.1) is 0 Å². The van der Waals surface area contributed by atoms with Gasteiger partial charge in [-0.25, -0.2) is 0 Å². The number of halogens is 4. The minimum Gasteiger partial charge on any atom is -0.310 e. The molecule has 2 aliphatic heterocycles. The maximum Gasteiger partial charge on any atom is 0.258 e. The first kappa shape index (κ1) is 23.3. The first-order valence-electron chi connectivity index (χ1n) is 9.47. The molecule has 2 aliphatic rings. The van der Waals surface area contributed by atoms with Gasteiger partial charge in [0.15, 0.2) is 0 Å². The van der Waals surface area contributed by atoms with E-state index in [1.807, 2.05) is 27.7 Å². The average Bonchev–Trinajstić information content (AvgIpc) is 3.15. The number of nitrogens with one attached hydrogen (secondary N) is 2. The fourth-order valence-corrected chi connectivity index (χ4v) is 4.45. The van der Waals surface area contributed by atoms with Crippen molar-refractivity contribution in [3.63, 3.8) is 0 Å². The van der Waals surface area contributed by atoms with Crippen LogP contribution in [0.1, 0.15) is 74.1 Å². The molecule has 6 nitrogen and oxygen atoms in total. The molecule has 0 atom stereocenters. The highest BCUT2D eigenvalue weighted by atomic mass is 35.5. The zero-order valence-electron chi connectivity index (χ0n) is 17.1. The van der Waals surface area contributed by atoms with Gasteiger partial charge in [0.25, 0.3) is 11.8 Å². The van der Waals surface area contributed by atoms with Crippen LogP contribution in [0.25, 0.3) is 0 Å². The molecular formula is C20H22Cl4N4O2. The number of nitrogens with zero attached hydrogens (tertiary/aromatic N) is 2. The molecule has 10 heteroatoms. The second-order valence-corrected chi connectivity index (χ2v) is 10.2. The van der Waals surface area contributed by atoms with Gasteiger partial charge in [-0.05, 0) is 40.5 Å². The molecule has 1 aromatic carbocycles. The van der Waals surface area contributed by atoms with Crippen LogP contribution in [-0.4, -0.2) is 34.6 Å². The Morgan fingerprint density at radius 2 is 1.03 bits per heavy atom.